The van der Waals surface area contributed by atoms with Gasteiger partial charge in [0.15, 0.2) is 0 Å². The van der Waals surface area contributed by atoms with Crippen LogP contribution in [-0.4, -0.2) is 22.4 Å². The number of hydrogen-bond acceptors (Lipinski definition) is 1. The van der Waals surface area contributed by atoms with Crippen LogP contribution in [0.2, 0.25) is 5.21 Å². The van der Waals surface area contributed by atoms with Gasteiger partial charge in [-0.1, -0.05) is 26.2 Å². The maximum atomic E-state index is 10.7. The van der Waals surface area contributed by atoms with E-state index in [-0.39, 0.29) is 5.21 Å². The third kappa shape index (κ3) is 18.3. The molecule has 20 heavy (non-hydrogen) atoms. The van der Waals surface area contributed by atoms with Crippen LogP contribution in [0.3, 0.4) is 0 Å². The summed E-state index contributed by atoms with van der Waals surface area (Å²) >= 11 is -4.32. The Morgan fingerprint density at radius 1 is 0.600 bits per heavy atom. The summed E-state index contributed by atoms with van der Waals surface area (Å²) in [7, 11) is 0. The van der Waals surface area contributed by atoms with Gasteiger partial charge >= 0.3 is 102 Å². The second-order valence-corrected chi connectivity index (χ2v) is 9.71. The Morgan fingerprint density at radius 3 is 1.20 bits per heavy atom. The zero-order valence-corrected chi connectivity index (χ0v) is 15.2. The molecule has 0 spiro atoms. The van der Waals surface area contributed by atoms with Crippen molar-refractivity contribution >= 4 is 14.2 Å². The monoisotopic (exact) mass is 350 g/mol. The minimum atomic E-state index is -4.32. The molecule has 0 heterocycles. The van der Waals surface area contributed by atoms with E-state index in [1.807, 2.05) is 0 Å². The molecular weight excluding hydrogens is 315 g/mol. The Kier molecular flexibility index (Phi) is 14.4. The molecule has 122 valence electrons. The van der Waals surface area contributed by atoms with Crippen molar-refractivity contribution in [2.45, 2.75) is 102 Å². The van der Waals surface area contributed by atoms with Crippen molar-refractivity contribution in [3.05, 3.63) is 0 Å². The Balaban J connectivity index is 3.01. The fourth-order valence-electron chi connectivity index (χ4n) is 2.51. The molecule has 3 nitrogen and oxygen atoms in total. The molecule has 2 N–H and O–H groups in total. The van der Waals surface area contributed by atoms with Gasteiger partial charge in [-0.25, -0.2) is 0 Å². The van der Waals surface area contributed by atoms with Gasteiger partial charge in [0, 0.05) is 0 Å². The molecule has 0 bridgehead atoms. The quantitative estimate of drug-likeness (QED) is 0.329. The van der Waals surface area contributed by atoms with Crippen LogP contribution in [0, 0.1) is 0 Å². The van der Waals surface area contributed by atoms with Crippen molar-refractivity contribution in [1.82, 2.24) is 0 Å². The molecule has 0 unspecified atom stereocenters. The van der Waals surface area contributed by atoms with E-state index in [1.54, 1.807) is 0 Å². The van der Waals surface area contributed by atoms with E-state index in [9.17, 15) is 3.74 Å². The first-order valence-electron chi connectivity index (χ1n) is 8.61. The second kappa shape index (κ2) is 14.2. The Bertz CT molecular complexity index is 238. The summed E-state index contributed by atoms with van der Waals surface area (Å²) in [5.41, 5.74) is 0. The molecule has 0 amide bonds. The molecule has 0 aliphatic rings. The third-order valence-corrected chi connectivity index (χ3v) is 5.69. The van der Waals surface area contributed by atoms with Gasteiger partial charge in [0.2, 0.25) is 0 Å². The van der Waals surface area contributed by atoms with E-state index in [1.165, 1.54) is 70.6 Å². The van der Waals surface area contributed by atoms with Gasteiger partial charge in [0.1, 0.15) is 0 Å². The summed E-state index contributed by atoms with van der Waals surface area (Å²) in [5, 5.41) is 0.121. The molecule has 0 atom stereocenters. The first-order valence-corrected chi connectivity index (χ1v) is 12.4. The molecule has 0 rings (SSSR count). The van der Waals surface area contributed by atoms with Crippen LogP contribution < -0.4 is 0 Å². The van der Waals surface area contributed by atoms with Crippen LogP contribution in [-0.2, 0) is 3.74 Å². The van der Waals surface area contributed by atoms with Crippen molar-refractivity contribution in [3.8, 4) is 0 Å². The summed E-state index contributed by atoms with van der Waals surface area (Å²) in [6.07, 6.45) is 17.7. The number of rotatable bonds is 15. The van der Waals surface area contributed by atoms with Gasteiger partial charge in [-0.05, 0) is 0 Å². The van der Waals surface area contributed by atoms with Gasteiger partial charge in [-0.15, -0.1) is 0 Å². The molecule has 0 radical (unpaired) electrons. The molecule has 0 saturated carbocycles. The molecular formula is C16H35AsO3. The summed E-state index contributed by atoms with van der Waals surface area (Å²) in [6, 6.07) is 0. The van der Waals surface area contributed by atoms with Gasteiger partial charge in [-0.2, -0.15) is 0 Å². The van der Waals surface area contributed by atoms with Crippen LogP contribution in [0.15, 0.2) is 0 Å². The third-order valence-electron chi connectivity index (χ3n) is 3.80. The predicted octanol–water partition coefficient (Wildman–Crippen LogP) is 4.82. The van der Waals surface area contributed by atoms with E-state index >= 15 is 0 Å². The zero-order chi connectivity index (χ0) is 15.1. The van der Waals surface area contributed by atoms with Gasteiger partial charge in [0.05, 0.1) is 0 Å². The standard InChI is InChI=1S/C16H35AsO3/c1-2-3-4-5-6-7-8-9-10-11-12-13-14-15-16-17(18,19)20/h2-16H2,1H3,(H2,18,19,20). The fourth-order valence-corrected chi connectivity index (χ4v) is 3.85. The average Bonchev–Trinajstić information content (AvgIpc) is 2.38. The molecule has 0 aromatic heterocycles. The molecule has 0 saturated heterocycles. The second-order valence-electron chi connectivity index (χ2n) is 5.98. The molecule has 0 aromatic carbocycles. The first-order chi connectivity index (χ1) is 9.56. The number of hydrogen-bond donors (Lipinski definition) is 2. The molecule has 0 aliphatic carbocycles. The Morgan fingerprint density at radius 2 is 0.900 bits per heavy atom. The normalized spacial score (nSPS) is 11.9. The van der Waals surface area contributed by atoms with Crippen LogP contribution in [0.5, 0.6) is 0 Å². The van der Waals surface area contributed by atoms with Crippen LogP contribution in [0.25, 0.3) is 0 Å². The minimum absolute atomic E-state index is 0.121. The molecule has 0 aromatic rings. The average molecular weight is 350 g/mol. The molecule has 4 heteroatoms. The van der Waals surface area contributed by atoms with Crippen LogP contribution in [0.1, 0.15) is 96.8 Å². The van der Waals surface area contributed by atoms with E-state index in [2.05, 4.69) is 6.92 Å². The van der Waals surface area contributed by atoms with Crippen molar-refractivity contribution in [2.75, 3.05) is 0 Å². The maximum absolute atomic E-state index is 10.7. The molecule has 0 fully saturated rings. The van der Waals surface area contributed by atoms with Crippen LogP contribution >= 0.6 is 0 Å². The summed E-state index contributed by atoms with van der Waals surface area (Å²) in [6.45, 7) is 2.26. The van der Waals surface area contributed by atoms with Crippen molar-refractivity contribution in [1.29, 1.82) is 0 Å². The summed E-state index contributed by atoms with van der Waals surface area (Å²) < 4.78 is 28.3. The summed E-state index contributed by atoms with van der Waals surface area (Å²) in [5.74, 6) is 0. The van der Waals surface area contributed by atoms with Gasteiger partial charge < -0.3 is 0 Å². The summed E-state index contributed by atoms with van der Waals surface area (Å²) in [4.78, 5) is 0. The van der Waals surface area contributed by atoms with Gasteiger partial charge in [0.25, 0.3) is 0 Å². The first kappa shape index (κ1) is 20.3. The zero-order valence-electron chi connectivity index (χ0n) is 13.4. The van der Waals surface area contributed by atoms with E-state index in [4.69, 9.17) is 8.19 Å². The van der Waals surface area contributed by atoms with Crippen LogP contribution in [0.4, 0.5) is 0 Å². The van der Waals surface area contributed by atoms with E-state index < -0.39 is 14.2 Å². The predicted molar refractivity (Wildman–Crippen MR) is 86.0 cm³/mol. The number of unbranched alkanes of at least 4 members (excludes halogenated alkanes) is 13. The van der Waals surface area contributed by atoms with Crippen molar-refractivity contribution in [2.24, 2.45) is 0 Å². The van der Waals surface area contributed by atoms with Gasteiger partial charge in [-0.3, -0.25) is 0 Å². The Labute approximate surface area is 128 Å². The van der Waals surface area contributed by atoms with Crippen molar-refractivity contribution in [3.63, 3.8) is 0 Å². The topological polar surface area (TPSA) is 57.5 Å². The fraction of sp³-hybridized carbons (Fsp3) is 1.00. The van der Waals surface area contributed by atoms with E-state index in [0.717, 1.165) is 12.8 Å². The Hall–Kier alpha value is 0.278. The SMILES string of the molecule is CCCCCCCCCCCCCCCC[As](=O)(O)O. The van der Waals surface area contributed by atoms with E-state index in [0.29, 0.717) is 6.42 Å². The van der Waals surface area contributed by atoms with Crippen molar-refractivity contribution < 1.29 is 11.9 Å². The molecule has 0 aliphatic heterocycles.